The van der Waals surface area contributed by atoms with E-state index in [0.29, 0.717) is 26.4 Å². The van der Waals surface area contributed by atoms with Crippen LogP contribution >= 0.6 is 0 Å². The summed E-state index contributed by atoms with van der Waals surface area (Å²) in [5.74, 6) is 6.77. The van der Waals surface area contributed by atoms with Crippen LogP contribution in [-0.4, -0.2) is 28.4 Å². The molecule has 84 heavy (non-hydrogen) atoms. The molecule has 4 heterocycles. The van der Waals surface area contributed by atoms with Crippen molar-refractivity contribution in [2.75, 3.05) is 28.4 Å². The molecule has 8 heteroatoms. The molecule has 8 nitrogen and oxygen atoms in total. The predicted molar refractivity (Wildman–Crippen MR) is 336 cm³/mol. The fourth-order valence-electron chi connectivity index (χ4n) is 15.0. The van der Waals surface area contributed by atoms with Gasteiger partial charge < -0.3 is 37.9 Å². The quantitative estimate of drug-likeness (QED) is 0.120. The highest BCUT2D eigenvalue weighted by molar-refractivity contribution is 5.90. The van der Waals surface area contributed by atoms with E-state index in [1.165, 1.54) is 0 Å². The van der Waals surface area contributed by atoms with Gasteiger partial charge in [-0.1, -0.05) is 152 Å². The first-order valence-electron chi connectivity index (χ1n) is 30.6. The zero-order chi connectivity index (χ0) is 58.2. The molecule has 0 aromatic heterocycles. The standard InChI is InChI=1S/C76H80O8/c1-41(2)29-53-57-33-62(74-65(69(57)77-9)49-25-17-13-22-46(49)38-82-74)55(31-43(5)6)59-35-64(76-67(71(59)79-11)51-27-19-15-24-48(51)40-84-76)56(32-44(7)8)60-36-63(75-68(72(60)80-12)52-28-20-16-23-47(52)39-83-75)54(30-42(3)4)58-34-61(53)73-66(70(58)78-10)50-26-18-14-21-45(50)37-81-73/h13-28,33-36,41-44,53-56H,29-32,37-40H2,1-12H3/t53-,54-,55-,56-/m0/s1. The highest BCUT2D eigenvalue weighted by Crippen LogP contribution is 2.63. The van der Waals surface area contributed by atoms with Gasteiger partial charge in [0.1, 0.15) is 72.4 Å². The van der Waals surface area contributed by atoms with Crippen molar-refractivity contribution in [3.05, 3.63) is 188 Å². The maximum absolute atomic E-state index is 7.31. The largest absolute Gasteiger partial charge is 0.496 e. The van der Waals surface area contributed by atoms with Crippen molar-refractivity contribution in [2.45, 2.75) is 131 Å². The van der Waals surface area contributed by atoms with Crippen LogP contribution in [0.1, 0.15) is 172 Å². The molecule has 8 bridgehead atoms. The van der Waals surface area contributed by atoms with Gasteiger partial charge in [-0.25, -0.2) is 0 Å². The van der Waals surface area contributed by atoms with E-state index in [4.69, 9.17) is 37.9 Å². The van der Waals surface area contributed by atoms with Gasteiger partial charge in [0.25, 0.3) is 0 Å². The lowest BCUT2D eigenvalue weighted by Gasteiger charge is -2.37. The zero-order valence-corrected chi connectivity index (χ0v) is 51.1. The SMILES string of the molecule is COc1c2cc(c3c1-c1ccccc1CO3)[C@@H](CC(C)C)c1cc(c3c(c1OC)-c1ccccc1CO3)[C@@H](CC(C)C)c1cc(c3c(c1OC)-c1ccccc1CO3)[C@@H](CC(C)C)c1cc(c3c(c1OC)-c1ccccc1CO3)[C@H]2CC(C)C. The summed E-state index contributed by atoms with van der Waals surface area (Å²) in [7, 11) is 7.37. The molecule has 4 atom stereocenters. The molecule has 0 N–H and O–H groups in total. The van der Waals surface area contributed by atoms with E-state index < -0.39 is 0 Å². The summed E-state index contributed by atoms with van der Waals surface area (Å²) in [6, 6.07) is 44.7. The van der Waals surface area contributed by atoms with Crippen molar-refractivity contribution in [3.8, 4) is 90.5 Å². The van der Waals surface area contributed by atoms with E-state index in [1.54, 1.807) is 0 Å². The van der Waals surface area contributed by atoms with Crippen LogP contribution in [0.3, 0.4) is 0 Å². The molecule has 13 rings (SSSR count). The van der Waals surface area contributed by atoms with Crippen LogP contribution < -0.4 is 37.9 Å². The van der Waals surface area contributed by atoms with Crippen LogP contribution in [0.15, 0.2) is 121 Å². The summed E-state index contributed by atoms with van der Waals surface area (Å²) in [6.45, 7) is 20.4. The Morgan fingerprint density at radius 1 is 0.310 bits per heavy atom. The van der Waals surface area contributed by atoms with Gasteiger partial charge in [0.05, 0.1) is 50.7 Å². The lowest BCUT2D eigenvalue weighted by Crippen LogP contribution is -2.21. The lowest BCUT2D eigenvalue weighted by atomic mass is 9.71. The summed E-state index contributed by atoms with van der Waals surface area (Å²) in [6.07, 6.45) is 3.18. The molecule has 8 aromatic carbocycles. The number of rotatable bonds is 12. The van der Waals surface area contributed by atoms with Gasteiger partial charge in [-0.05, 0) is 118 Å². The number of benzene rings is 8. The van der Waals surface area contributed by atoms with E-state index in [-0.39, 0.29) is 47.3 Å². The minimum atomic E-state index is -0.228. The van der Waals surface area contributed by atoms with Crippen LogP contribution in [0.5, 0.6) is 46.0 Å². The minimum absolute atomic E-state index is 0.228. The number of hydrogen-bond donors (Lipinski definition) is 0. The molecular formula is C76H80O8. The van der Waals surface area contributed by atoms with Gasteiger partial charge in [0, 0.05) is 68.2 Å². The summed E-state index contributed by atoms with van der Waals surface area (Å²) in [5.41, 5.74) is 21.7. The van der Waals surface area contributed by atoms with E-state index in [1.807, 2.05) is 28.4 Å². The summed E-state index contributed by atoms with van der Waals surface area (Å²) in [5, 5.41) is 0. The van der Waals surface area contributed by atoms with E-state index in [2.05, 4.69) is 177 Å². The summed E-state index contributed by atoms with van der Waals surface area (Å²) >= 11 is 0. The van der Waals surface area contributed by atoms with Crippen molar-refractivity contribution in [1.29, 1.82) is 0 Å². The first-order valence-corrected chi connectivity index (χ1v) is 30.6. The maximum Gasteiger partial charge on any atom is 0.135 e. The Morgan fingerprint density at radius 2 is 0.512 bits per heavy atom. The van der Waals surface area contributed by atoms with Crippen molar-refractivity contribution in [1.82, 2.24) is 0 Å². The third-order valence-electron chi connectivity index (χ3n) is 18.4. The number of ether oxygens (including phenoxy) is 8. The first kappa shape index (κ1) is 55.4. The Balaban J connectivity index is 1.28. The topological polar surface area (TPSA) is 73.8 Å². The summed E-state index contributed by atoms with van der Waals surface area (Å²) in [4.78, 5) is 0. The number of hydrogen-bond acceptors (Lipinski definition) is 8. The molecule has 5 aliphatic rings. The molecule has 4 aliphatic heterocycles. The normalized spacial score (nSPS) is 17.6. The van der Waals surface area contributed by atoms with Gasteiger partial charge >= 0.3 is 0 Å². The first-order chi connectivity index (χ1) is 40.8. The average Bonchev–Trinajstić information content (AvgIpc) is 0.925. The smallest absolute Gasteiger partial charge is 0.135 e. The van der Waals surface area contributed by atoms with E-state index in [0.717, 1.165) is 183 Å². The highest BCUT2D eigenvalue weighted by Gasteiger charge is 2.43. The Hall–Kier alpha value is -7.84. The Kier molecular flexibility index (Phi) is 14.7. The number of fused-ring (bicyclic) bond motifs is 24. The van der Waals surface area contributed by atoms with Crippen molar-refractivity contribution in [3.63, 3.8) is 0 Å². The van der Waals surface area contributed by atoms with E-state index in [9.17, 15) is 0 Å². The van der Waals surface area contributed by atoms with Gasteiger partial charge in [-0.3, -0.25) is 0 Å². The number of methoxy groups -OCH3 is 4. The molecule has 0 amide bonds. The van der Waals surface area contributed by atoms with Gasteiger partial charge in [-0.15, -0.1) is 0 Å². The maximum atomic E-state index is 7.31. The second-order valence-electron chi connectivity index (χ2n) is 25.7. The van der Waals surface area contributed by atoms with Crippen LogP contribution in [0.25, 0.3) is 44.5 Å². The molecule has 0 unspecified atom stereocenters. The molecule has 0 saturated carbocycles. The van der Waals surface area contributed by atoms with Crippen LogP contribution in [0.2, 0.25) is 0 Å². The second kappa shape index (κ2) is 22.3. The van der Waals surface area contributed by atoms with Crippen LogP contribution in [0, 0.1) is 23.7 Å². The van der Waals surface area contributed by atoms with Crippen LogP contribution in [-0.2, 0) is 26.4 Å². The molecular weight excluding hydrogens is 1040 g/mol. The highest BCUT2D eigenvalue weighted by atomic mass is 16.5. The van der Waals surface area contributed by atoms with Crippen molar-refractivity contribution in [2.24, 2.45) is 23.7 Å². The third-order valence-corrected chi connectivity index (χ3v) is 18.4. The monoisotopic (exact) mass is 1120 g/mol. The molecule has 0 saturated heterocycles. The van der Waals surface area contributed by atoms with E-state index >= 15 is 0 Å². The van der Waals surface area contributed by atoms with Gasteiger partial charge in [0.2, 0.25) is 0 Å². The van der Waals surface area contributed by atoms with Crippen molar-refractivity contribution < 1.29 is 37.9 Å². The van der Waals surface area contributed by atoms with Gasteiger partial charge in [-0.2, -0.15) is 0 Å². The average molecular weight is 1120 g/mol. The zero-order valence-electron chi connectivity index (χ0n) is 51.1. The molecule has 0 radical (unpaired) electrons. The third kappa shape index (κ3) is 9.16. The predicted octanol–water partition coefficient (Wildman–Crippen LogP) is 19.0. The molecule has 0 fully saturated rings. The van der Waals surface area contributed by atoms with Crippen LogP contribution in [0.4, 0.5) is 0 Å². The lowest BCUT2D eigenvalue weighted by molar-refractivity contribution is 0.289. The fourth-order valence-corrected chi connectivity index (χ4v) is 15.0. The van der Waals surface area contributed by atoms with Crippen molar-refractivity contribution >= 4 is 0 Å². The molecule has 1 aliphatic carbocycles. The molecule has 0 spiro atoms. The minimum Gasteiger partial charge on any atom is -0.496 e. The summed E-state index contributed by atoms with van der Waals surface area (Å²) < 4.78 is 57.2. The van der Waals surface area contributed by atoms with Gasteiger partial charge in [0.15, 0.2) is 0 Å². The second-order valence-corrected chi connectivity index (χ2v) is 25.7. The Morgan fingerprint density at radius 3 is 0.702 bits per heavy atom. The Labute approximate surface area is 497 Å². The molecule has 432 valence electrons. The fraction of sp³-hybridized carbons (Fsp3) is 0.368. The molecule has 8 aromatic rings. The Bertz CT molecular complexity index is 3270.